The van der Waals surface area contributed by atoms with Crippen molar-refractivity contribution in [2.75, 3.05) is 44.8 Å². The summed E-state index contributed by atoms with van der Waals surface area (Å²) in [6.07, 6.45) is 2.95. The van der Waals surface area contributed by atoms with Crippen molar-refractivity contribution in [1.29, 1.82) is 0 Å². The molecule has 4 aromatic rings. The van der Waals surface area contributed by atoms with Gasteiger partial charge in [0.1, 0.15) is 29.9 Å². The van der Waals surface area contributed by atoms with Gasteiger partial charge in [-0.15, -0.1) is 5.10 Å². The maximum absolute atomic E-state index is 14.7. The Morgan fingerprint density at radius 1 is 1.15 bits per heavy atom. The minimum Gasteiger partial charge on any atom is -0.475 e. The highest BCUT2D eigenvalue weighted by Crippen LogP contribution is 2.31. The van der Waals surface area contributed by atoms with Gasteiger partial charge >= 0.3 is 0 Å². The van der Waals surface area contributed by atoms with Crippen LogP contribution in [0.3, 0.4) is 0 Å². The molecule has 1 aromatic carbocycles. The van der Waals surface area contributed by atoms with Crippen molar-refractivity contribution in [3.63, 3.8) is 0 Å². The van der Waals surface area contributed by atoms with E-state index in [2.05, 4.69) is 35.4 Å². The number of nitrogens with zero attached hydrogens (tertiary/aromatic N) is 5. The lowest BCUT2D eigenvalue weighted by Gasteiger charge is -2.26. The first-order valence-corrected chi connectivity index (χ1v) is 10.9. The van der Waals surface area contributed by atoms with Gasteiger partial charge in [0, 0.05) is 37.1 Å². The summed E-state index contributed by atoms with van der Waals surface area (Å²) in [4.78, 5) is 14.9. The largest absolute Gasteiger partial charge is 0.475 e. The van der Waals surface area contributed by atoms with E-state index in [0.29, 0.717) is 40.8 Å². The average Bonchev–Trinajstić information content (AvgIpc) is 3.27. The summed E-state index contributed by atoms with van der Waals surface area (Å²) >= 11 is 0. The lowest BCUT2D eigenvalue weighted by Crippen LogP contribution is -2.38. The molecule has 4 heterocycles. The van der Waals surface area contributed by atoms with Gasteiger partial charge in [0.15, 0.2) is 17.2 Å². The number of aromatic amines is 1. The Balaban J connectivity index is 1.29. The summed E-state index contributed by atoms with van der Waals surface area (Å²) < 4.78 is 31.6. The lowest BCUT2D eigenvalue weighted by atomic mass is 10.2. The quantitative estimate of drug-likeness (QED) is 0.404. The highest BCUT2D eigenvalue weighted by Gasteiger charge is 2.16. The Bertz CT molecular complexity index is 1260. The second kappa shape index (κ2) is 9.98. The standard InChI is InChI=1S/C23H24FN7O3/c1-15-2-4-17(13-25-15)34-19-5-3-16(12-18(19)24)28-21-20-22(27-14-26-21)29-30-23(20)33-11-8-31-6-9-32-10-7-31/h2-5,12-14H,6-11H2,1H3,(H2,26,27,28,29,30). The molecule has 5 rings (SSSR count). The summed E-state index contributed by atoms with van der Waals surface area (Å²) in [7, 11) is 0. The molecule has 1 saturated heterocycles. The van der Waals surface area contributed by atoms with E-state index in [1.54, 1.807) is 30.5 Å². The zero-order chi connectivity index (χ0) is 23.3. The molecule has 10 nitrogen and oxygen atoms in total. The maximum atomic E-state index is 14.7. The molecule has 1 fully saturated rings. The minimum atomic E-state index is -0.523. The van der Waals surface area contributed by atoms with Crippen LogP contribution in [0.5, 0.6) is 17.4 Å². The molecule has 0 radical (unpaired) electrons. The highest BCUT2D eigenvalue weighted by molar-refractivity contribution is 5.92. The van der Waals surface area contributed by atoms with Gasteiger partial charge in [0.2, 0.25) is 5.88 Å². The Morgan fingerprint density at radius 3 is 2.82 bits per heavy atom. The summed E-state index contributed by atoms with van der Waals surface area (Å²) in [5, 5.41) is 10.8. The Kier molecular flexibility index (Phi) is 6.45. The summed E-state index contributed by atoms with van der Waals surface area (Å²) in [5.74, 6) is 0.874. The fraction of sp³-hybridized carbons (Fsp3) is 0.304. The molecular weight excluding hydrogens is 441 g/mol. The molecule has 34 heavy (non-hydrogen) atoms. The number of benzene rings is 1. The summed E-state index contributed by atoms with van der Waals surface area (Å²) in [6.45, 7) is 6.32. The molecule has 1 aliphatic rings. The summed E-state index contributed by atoms with van der Waals surface area (Å²) in [6, 6.07) is 8.13. The van der Waals surface area contributed by atoms with Gasteiger partial charge in [0.05, 0.1) is 19.4 Å². The van der Waals surface area contributed by atoms with Crippen molar-refractivity contribution in [3.8, 4) is 17.4 Å². The predicted octanol–water partition coefficient (Wildman–Crippen LogP) is 3.44. The van der Waals surface area contributed by atoms with Crippen molar-refractivity contribution < 1.29 is 18.6 Å². The fourth-order valence-electron chi connectivity index (χ4n) is 3.57. The van der Waals surface area contributed by atoms with E-state index in [0.717, 1.165) is 38.5 Å². The number of fused-ring (bicyclic) bond motifs is 1. The van der Waals surface area contributed by atoms with E-state index in [1.807, 2.05) is 6.92 Å². The van der Waals surface area contributed by atoms with Crippen LogP contribution >= 0.6 is 0 Å². The van der Waals surface area contributed by atoms with Gasteiger partial charge in [-0.1, -0.05) is 0 Å². The Hall–Kier alpha value is -3.83. The van der Waals surface area contributed by atoms with E-state index in [1.165, 1.54) is 12.4 Å². The SMILES string of the molecule is Cc1ccc(Oc2ccc(Nc3ncnc4[nH]nc(OCCN5CCOCC5)c34)cc2F)cn1. The molecule has 0 unspecified atom stereocenters. The van der Waals surface area contributed by atoms with Crippen LogP contribution in [0.25, 0.3) is 11.0 Å². The van der Waals surface area contributed by atoms with Gasteiger partial charge in [-0.3, -0.25) is 15.0 Å². The normalized spacial score (nSPS) is 14.3. The maximum Gasteiger partial charge on any atom is 0.246 e. The first kappa shape index (κ1) is 22.0. The van der Waals surface area contributed by atoms with Crippen LogP contribution in [0.1, 0.15) is 5.69 Å². The van der Waals surface area contributed by atoms with Crippen molar-refractivity contribution >= 4 is 22.5 Å². The zero-order valence-corrected chi connectivity index (χ0v) is 18.6. The predicted molar refractivity (Wildman–Crippen MR) is 123 cm³/mol. The van der Waals surface area contributed by atoms with Crippen molar-refractivity contribution in [3.05, 3.63) is 54.4 Å². The third kappa shape index (κ3) is 5.05. The molecule has 0 aliphatic carbocycles. The van der Waals surface area contributed by atoms with Gasteiger partial charge < -0.3 is 19.5 Å². The number of ether oxygens (including phenoxy) is 3. The molecule has 1 aliphatic heterocycles. The Labute approximate surface area is 195 Å². The molecule has 11 heteroatoms. The summed E-state index contributed by atoms with van der Waals surface area (Å²) in [5.41, 5.74) is 1.87. The van der Waals surface area contributed by atoms with Crippen LogP contribution in [0, 0.1) is 12.7 Å². The number of hydrogen-bond acceptors (Lipinski definition) is 9. The number of pyridine rings is 1. The van der Waals surface area contributed by atoms with Crippen LogP contribution in [0.4, 0.5) is 15.9 Å². The second-order valence-corrected chi connectivity index (χ2v) is 7.78. The van der Waals surface area contributed by atoms with Gasteiger partial charge in [-0.25, -0.2) is 14.4 Å². The molecule has 0 amide bonds. The van der Waals surface area contributed by atoms with Crippen LogP contribution in [-0.4, -0.2) is 69.5 Å². The molecule has 2 N–H and O–H groups in total. The van der Waals surface area contributed by atoms with Gasteiger partial charge in [-0.2, -0.15) is 0 Å². The zero-order valence-electron chi connectivity index (χ0n) is 18.6. The van der Waals surface area contributed by atoms with Crippen LogP contribution in [0.15, 0.2) is 42.9 Å². The Morgan fingerprint density at radius 2 is 2.03 bits per heavy atom. The van der Waals surface area contributed by atoms with E-state index in [9.17, 15) is 4.39 Å². The molecule has 0 spiro atoms. The molecule has 0 saturated carbocycles. The van der Waals surface area contributed by atoms with Crippen molar-refractivity contribution in [2.24, 2.45) is 0 Å². The van der Waals surface area contributed by atoms with Crippen LogP contribution in [0.2, 0.25) is 0 Å². The highest BCUT2D eigenvalue weighted by atomic mass is 19.1. The van der Waals surface area contributed by atoms with Crippen molar-refractivity contribution in [1.82, 2.24) is 30.0 Å². The van der Waals surface area contributed by atoms with Gasteiger partial charge in [-0.05, 0) is 31.2 Å². The molecule has 0 bridgehead atoms. The molecule has 3 aromatic heterocycles. The number of morpholine rings is 1. The number of halogens is 1. The van der Waals surface area contributed by atoms with Crippen LogP contribution in [-0.2, 0) is 4.74 Å². The number of nitrogens with one attached hydrogen (secondary N) is 2. The van der Waals surface area contributed by atoms with Crippen LogP contribution < -0.4 is 14.8 Å². The minimum absolute atomic E-state index is 0.0967. The number of H-pyrrole nitrogens is 1. The molecule has 0 atom stereocenters. The molecule has 176 valence electrons. The number of aromatic nitrogens is 5. The topological polar surface area (TPSA) is 110 Å². The third-order valence-electron chi connectivity index (χ3n) is 5.38. The number of aryl methyl sites for hydroxylation is 1. The first-order chi connectivity index (χ1) is 16.7. The smallest absolute Gasteiger partial charge is 0.246 e. The third-order valence-corrected chi connectivity index (χ3v) is 5.38. The monoisotopic (exact) mass is 465 g/mol. The van der Waals surface area contributed by atoms with E-state index in [-0.39, 0.29) is 5.75 Å². The first-order valence-electron chi connectivity index (χ1n) is 10.9. The van der Waals surface area contributed by atoms with Crippen molar-refractivity contribution in [2.45, 2.75) is 6.92 Å². The lowest BCUT2D eigenvalue weighted by molar-refractivity contribution is 0.0321. The number of rotatable bonds is 8. The number of hydrogen-bond donors (Lipinski definition) is 2. The number of anilines is 2. The van der Waals surface area contributed by atoms with Gasteiger partial charge in [0.25, 0.3) is 0 Å². The van der Waals surface area contributed by atoms with E-state index in [4.69, 9.17) is 14.2 Å². The van der Waals surface area contributed by atoms with E-state index >= 15 is 0 Å². The molecular formula is C23H24FN7O3. The second-order valence-electron chi connectivity index (χ2n) is 7.78. The van der Waals surface area contributed by atoms with E-state index < -0.39 is 5.82 Å². The average molecular weight is 465 g/mol. The fourth-order valence-corrected chi connectivity index (χ4v) is 3.57.